The van der Waals surface area contributed by atoms with Crippen molar-refractivity contribution in [2.24, 2.45) is 10.7 Å². The molecule has 1 atom stereocenters. The van der Waals surface area contributed by atoms with Crippen molar-refractivity contribution < 1.29 is 4.74 Å². The van der Waals surface area contributed by atoms with Crippen LogP contribution in [0.2, 0.25) is 0 Å². The predicted molar refractivity (Wildman–Crippen MR) is 116 cm³/mol. The highest BCUT2D eigenvalue weighted by molar-refractivity contribution is 14.0. The first-order valence-electron chi connectivity index (χ1n) is 9.22. The summed E-state index contributed by atoms with van der Waals surface area (Å²) in [5.41, 5.74) is 7.13. The molecule has 1 aromatic carbocycles. The van der Waals surface area contributed by atoms with Gasteiger partial charge in [-0.15, -0.1) is 24.0 Å². The van der Waals surface area contributed by atoms with E-state index in [1.54, 1.807) is 0 Å². The Balaban J connectivity index is 0.00000312. The summed E-state index contributed by atoms with van der Waals surface area (Å²) in [7, 11) is 0. The second-order valence-corrected chi connectivity index (χ2v) is 6.36. The minimum absolute atomic E-state index is 0. The van der Waals surface area contributed by atoms with Crippen molar-refractivity contribution in [1.82, 2.24) is 10.2 Å². The lowest BCUT2D eigenvalue weighted by atomic mass is 10.2. The second-order valence-electron chi connectivity index (χ2n) is 6.36. The van der Waals surface area contributed by atoms with Crippen molar-refractivity contribution in [3.05, 3.63) is 29.8 Å². The van der Waals surface area contributed by atoms with Crippen LogP contribution in [-0.4, -0.2) is 43.1 Å². The molecule has 0 amide bonds. The van der Waals surface area contributed by atoms with E-state index in [0.717, 1.165) is 43.9 Å². The van der Waals surface area contributed by atoms with E-state index >= 15 is 0 Å². The lowest BCUT2D eigenvalue weighted by Gasteiger charge is -2.23. The third-order valence-electron chi connectivity index (χ3n) is 4.52. The fourth-order valence-electron chi connectivity index (χ4n) is 3.07. The van der Waals surface area contributed by atoms with Crippen molar-refractivity contribution in [1.29, 1.82) is 0 Å². The number of rotatable bonds is 9. The summed E-state index contributed by atoms with van der Waals surface area (Å²) in [6, 6.07) is 8.68. The molecule has 0 aliphatic carbocycles. The normalized spacial score (nSPS) is 18.0. The molecule has 1 aromatic rings. The highest BCUT2D eigenvalue weighted by atomic mass is 127. The molecule has 6 heteroatoms. The van der Waals surface area contributed by atoms with Gasteiger partial charge in [-0.1, -0.05) is 32.4 Å². The van der Waals surface area contributed by atoms with E-state index in [-0.39, 0.29) is 24.0 Å². The molecule has 5 nitrogen and oxygen atoms in total. The highest BCUT2D eigenvalue weighted by Crippen LogP contribution is 2.16. The Morgan fingerprint density at radius 2 is 2.24 bits per heavy atom. The Morgan fingerprint density at radius 3 is 3.00 bits per heavy atom. The number of nitrogens with one attached hydrogen (secondary N) is 1. The van der Waals surface area contributed by atoms with Gasteiger partial charge in [0, 0.05) is 12.6 Å². The summed E-state index contributed by atoms with van der Waals surface area (Å²) in [4.78, 5) is 6.95. The smallest absolute Gasteiger partial charge is 0.188 e. The molecule has 1 unspecified atom stereocenters. The van der Waals surface area contributed by atoms with Crippen LogP contribution in [0, 0.1) is 0 Å². The molecule has 1 aliphatic heterocycles. The maximum Gasteiger partial charge on any atom is 0.188 e. The summed E-state index contributed by atoms with van der Waals surface area (Å²) in [5, 5.41) is 3.27. The van der Waals surface area contributed by atoms with Gasteiger partial charge >= 0.3 is 0 Å². The van der Waals surface area contributed by atoms with Crippen LogP contribution in [0.15, 0.2) is 29.3 Å². The largest absolute Gasteiger partial charge is 0.494 e. The number of benzene rings is 1. The van der Waals surface area contributed by atoms with E-state index in [1.807, 2.05) is 18.2 Å². The number of aliphatic imine (C=N–C) groups is 1. The maximum atomic E-state index is 6.01. The van der Waals surface area contributed by atoms with Gasteiger partial charge < -0.3 is 15.8 Å². The van der Waals surface area contributed by atoms with Gasteiger partial charge in [0.15, 0.2) is 5.96 Å². The third kappa shape index (κ3) is 7.81. The van der Waals surface area contributed by atoms with Crippen LogP contribution in [0.25, 0.3) is 0 Å². The van der Waals surface area contributed by atoms with Gasteiger partial charge in [0.25, 0.3) is 0 Å². The molecule has 0 spiro atoms. The summed E-state index contributed by atoms with van der Waals surface area (Å²) in [6.45, 7) is 8.90. The number of likely N-dealkylation sites (N-methyl/N-ethyl adjacent to an activating group) is 1. The van der Waals surface area contributed by atoms with Gasteiger partial charge in [-0.05, 0) is 50.0 Å². The first kappa shape index (κ1) is 22.0. The van der Waals surface area contributed by atoms with Gasteiger partial charge in [-0.3, -0.25) is 4.90 Å². The van der Waals surface area contributed by atoms with Crippen molar-refractivity contribution in [2.45, 2.75) is 52.1 Å². The number of unbranched alkanes of at least 4 members (excludes halogenated alkanes) is 1. The van der Waals surface area contributed by atoms with Crippen LogP contribution in [0.1, 0.15) is 45.1 Å². The van der Waals surface area contributed by atoms with Crippen LogP contribution in [0.4, 0.5) is 0 Å². The fourth-order valence-corrected chi connectivity index (χ4v) is 3.07. The number of guanidine groups is 1. The number of ether oxygens (including phenoxy) is 1. The second kappa shape index (κ2) is 12.4. The molecule has 0 bridgehead atoms. The van der Waals surface area contributed by atoms with Crippen LogP contribution >= 0.6 is 24.0 Å². The van der Waals surface area contributed by atoms with Crippen LogP contribution in [0.5, 0.6) is 5.75 Å². The molecule has 1 heterocycles. The number of hydrogen-bond acceptors (Lipinski definition) is 3. The van der Waals surface area contributed by atoms with Crippen molar-refractivity contribution in [3.63, 3.8) is 0 Å². The quantitative estimate of drug-likeness (QED) is 0.257. The number of halogens is 1. The third-order valence-corrected chi connectivity index (χ3v) is 4.52. The number of hydrogen-bond donors (Lipinski definition) is 2. The zero-order valence-corrected chi connectivity index (χ0v) is 17.9. The fraction of sp³-hybridized carbons (Fsp3) is 0.632. The Bertz CT molecular complexity index is 524. The topological polar surface area (TPSA) is 62.9 Å². The molecule has 1 saturated heterocycles. The summed E-state index contributed by atoms with van der Waals surface area (Å²) in [5.74, 6) is 1.43. The predicted octanol–water partition coefficient (Wildman–Crippen LogP) is 3.37. The molecule has 3 N–H and O–H groups in total. The molecule has 0 aromatic heterocycles. The number of nitrogens with two attached hydrogens (primary N) is 1. The van der Waals surface area contributed by atoms with E-state index in [0.29, 0.717) is 18.5 Å². The first-order valence-corrected chi connectivity index (χ1v) is 9.22. The van der Waals surface area contributed by atoms with Gasteiger partial charge in [-0.25, -0.2) is 4.99 Å². The van der Waals surface area contributed by atoms with Gasteiger partial charge in [-0.2, -0.15) is 0 Å². The van der Waals surface area contributed by atoms with Crippen LogP contribution in [0.3, 0.4) is 0 Å². The van der Waals surface area contributed by atoms with Crippen LogP contribution in [-0.2, 0) is 6.54 Å². The Morgan fingerprint density at radius 1 is 1.40 bits per heavy atom. The lowest BCUT2D eigenvalue weighted by Crippen LogP contribution is -2.42. The minimum atomic E-state index is 0. The molecule has 25 heavy (non-hydrogen) atoms. The number of nitrogens with zero attached hydrogens (tertiary/aromatic N) is 2. The number of likely N-dealkylation sites (tertiary alicyclic amines) is 1. The molecule has 1 aliphatic rings. The zero-order chi connectivity index (χ0) is 17.2. The zero-order valence-electron chi connectivity index (χ0n) is 15.5. The van der Waals surface area contributed by atoms with E-state index in [9.17, 15) is 0 Å². The standard InChI is InChI=1S/C19H32N4O.HI/c1-3-5-12-24-18-10-6-8-16(13-18)14-21-19(20)22-15-17-9-7-11-23(17)4-2;/h6,8,10,13,17H,3-5,7,9,11-12,14-15H2,1-2H3,(H3,20,21,22);1H. The van der Waals surface area contributed by atoms with E-state index < -0.39 is 0 Å². The molecule has 0 radical (unpaired) electrons. The Hall–Kier alpha value is -1.02. The Labute approximate surface area is 169 Å². The average Bonchev–Trinajstić information content (AvgIpc) is 3.06. The minimum Gasteiger partial charge on any atom is -0.494 e. The van der Waals surface area contributed by atoms with E-state index in [4.69, 9.17) is 10.5 Å². The monoisotopic (exact) mass is 460 g/mol. The van der Waals surface area contributed by atoms with E-state index in [1.165, 1.54) is 19.4 Å². The molecule has 142 valence electrons. The summed E-state index contributed by atoms with van der Waals surface area (Å²) >= 11 is 0. The van der Waals surface area contributed by atoms with Crippen molar-refractivity contribution in [3.8, 4) is 5.75 Å². The van der Waals surface area contributed by atoms with Gasteiger partial charge in [0.1, 0.15) is 5.75 Å². The molecule has 1 fully saturated rings. The van der Waals surface area contributed by atoms with Crippen molar-refractivity contribution in [2.75, 3.05) is 26.2 Å². The highest BCUT2D eigenvalue weighted by Gasteiger charge is 2.22. The van der Waals surface area contributed by atoms with Gasteiger partial charge in [0.2, 0.25) is 0 Å². The maximum absolute atomic E-state index is 6.01. The van der Waals surface area contributed by atoms with Crippen LogP contribution < -0.4 is 15.8 Å². The average molecular weight is 460 g/mol. The lowest BCUT2D eigenvalue weighted by molar-refractivity contribution is 0.267. The molecular formula is C19H33IN4O. The molecular weight excluding hydrogens is 427 g/mol. The summed E-state index contributed by atoms with van der Waals surface area (Å²) < 4.78 is 5.73. The SMILES string of the molecule is CCCCOc1cccc(CN=C(N)NCC2CCCN2CC)c1.I. The van der Waals surface area contributed by atoms with Crippen molar-refractivity contribution >= 4 is 29.9 Å². The molecule has 2 rings (SSSR count). The first-order chi connectivity index (χ1) is 11.7. The molecule has 0 saturated carbocycles. The van der Waals surface area contributed by atoms with Gasteiger partial charge in [0.05, 0.1) is 13.2 Å². The van der Waals surface area contributed by atoms with E-state index in [2.05, 4.69) is 35.1 Å². The summed E-state index contributed by atoms with van der Waals surface area (Å²) in [6.07, 6.45) is 4.74. The Kier molecular flexibility index (Phi) is 10.9.